The monoisotopic (exact) mass is 386 g/mol. The number of rotatable bonds is 3. The molecule has 26 heavy (non-hydrogen) atoms. The van der Waals surface area contributed by atoms with Crippen molar-refractivity contribution in [3.8, 4) is 5.00 Å². The van der Waals surface area contributed by atoms with Gasteiger partial charge in [0, 0.05) is 28.1 Å². The highest BCUT2D eigenvalue weighted by Gasteiger charge is 2.31. The van der Waals surface area contributed by atoms with Crippen LogP contribution in [0.2, 0.25) is 5.02 Å². The zero-order valence-electron chi connectivity index (χ0n) is 15.1. The third-order valence-corrected chi connectivity index (χ3v) is 6.13. The lowest BCUT2D eigenvalue weighted by Crippen LogP contribution is -2.11. The van der Waals surface area contributed by atoms with Gasteiger partial charge in [0.15, 0.2) is 5.82 Å². The Kier molecular flexibility index (Phi) is 4.42. The second-order valence-corrected chi connectivity index (χ2v) is 8.00. The SMILES string of the molecule is COCC1N=C(c2ccc(Cl)cc2)c2c(sc(C)c2C)-n2c(C)nnc21. The standard InChI is InChI=1S/C19H19ClN4OS/c1-10-11(2)26-19-16(10)17(13-5-7-14(20)8-6-13)21-15(9-25-4)18-23-22-12(3)24(18)19/h5-8,15H,9H2,1-4H3. The first-order valence-electron chi connectivity index (χ1n) is 8.36. The molecule has 0 fully saturated rings. The van der Waals surface area contributed by atoms with Crippen molar-refractivity contribution < 1.29 is 4.74 Å². The molecule has 1 aliphatic heterocycles. The van der Waals surface area contributed by atoms with E-state index < -0.39 is 0 Å². The van der Waals surface area contributed by atoms with E-state index in [9.17, 15) is 0 Å². The van der Waals surface area contributed by atoms with E-state index in [0.717, 1.165) is 33.5 Å². The Bertz CT molecular complexity index is 1000. The molecular formula is C19H19ClN4OS. The van der Waals surface area contributed by atoms with E-state index in [-0.39, 0.29) is 6.04 Å². The van der Waals surface area contributed by atoms with Gasteiger partial charge in [0.25, 0.3) is 0 Å². The molecule has 0 saturated carbocycles. The number of thiophene rings is 1. The van der Waals surface area contributed by atoms with Crippen LogP contribution in [0.15, 0.2) is 29.3 Å². The molecule has 7 heteroatoms. The number of nitrogens with zero attached hydrogens (tertiary/aromatic N) is 4. The molecule has 1 aromatic carbocycles. The molecule has 3 heterocycles. The molecule has 0 amide bonds. The second-order valence-electron chi connectivity index (χ2n) is 6.36. The van der Waals surface area contributed by atoms with Crippen LogP contribution in [-0.4, -0.2) is 34.2 Å². The molecule has 5 nitrogen and oxygen atoms in total. The van der Waals surface area contributed by atoms with Gasteiger partial charge in [-0.3, -0.25) is 9.56 Å². The summed E-state index contributed by atoms with van der Waals surface area (Å²) in [6.45, 7) is 6.70. The maximum atomic E-state index is 6.09. The van der Waals surface area contributed by atoms with E-state index in [4.69, 9.17) is 21.3 Å². The number of benzene rings is 1. The van der Waals surface area contributed by atoms with Crippen LogP contribution in [-0.2, 0) is 4.74 Å². The van der Waals surface area contributed by atoms with E-state index in [1.807, 2.05) is 31.2 Å². The van der Waals surface area contributed by atoms with Crippen molar-refractivity contribution in [2.45, 2.75) is 26.8 Å². The van der Waals surface area contributed by atoms with Gasteiger partial charge in [-0.25, -0.2) is 0 Å². The fraction of sp³-hybridized carbons (Fsp3) is 0.316. The number of aromatic nitrogens is 3. The van der Waals surface area contributed by atoms with Crippen molar-refractivity contribution >= 4 is 28.6 Å². The number of aliphatic imine (C=N–C) groups is 1. The molecule has 0 aliphatic carbocycles. The van der Waals surface area contributed by atoms with E-state index in [2.05, 4.69) is 28.6 Å². The summed E-state index contributed by atoms with van der Waals surface area (Å²) >= 11 is 7.84. The highest BCUT2D eigenvalue weighted by Crippen LogP contribution is 2.38. The molecule has 4 rings (SSSR count). The zero-order valence-corrected chi connectivity index (χ0v) is 16.6. The van der Waals surface area contributed by atoms with Gasteiger partial charge in [0.1, 0.15) is 16.9 Å². The van der Waals surface area contributed by atoms with Gasteiger partial charge in [-0.1, -0.05) is 23.7 Å². The summed E-state index contributed by atoms with van der Waals surface area (Å²) in [4.78, 5) is 6.33. The topological polar surface area (TPSA) is 52.3 Å². The van der Waals surface area contributed by atoms with Gasteiger partial charge in [-0.15, -0.1) is 21.5 Å². The first-order valence-corrected chi connectivity index (χ1v) is 9.56. The summed E-state index contributed by atoms with van der Waals surface area (Å²) in [6, 6.07) is 7.61. The Labute approximate surface area is 161 Å². The first-order chi connectivity index (χ1) is 12.5. The van der Waals surface area contributed by atoms with Crippen LogP contribution in [0.5, 0.6) is 0 Å². The lowest BCUT2D eigenvalue weighted by atomic mass is 10.00. The number of hydrogen-bond donors (Lipinski definition) is 0. The Balaban J connectivity index is 2.03. The minimum absolute atomic E-state index is 0.216. The molecule has 134 valence electrons. The number of methoxy groups -OCH3 is 1. The van der Waals surface area contributed by atoms with Gasteiger partial charge < -0.3 is 4.74 Å². The molecule has 0 N–H and O–H groups in total. The van der Waals surface area contributed by atoms with Crippen molar-refractivity contribution in [2.75, 3.05) is 13.7 Å². The molecule has 0 spiro atoms. The average Bonchev–Trinajstić information content (AvgIpc) is 3.09. The minimum Gasteiger partial charge on any atom is -0.382 e. The lowest BCUT2D eigenvalue weighted by Gasteiger charge is -2.11. The van der Waals surface area contributed by atoms with Gasteiger partial charge in [0.2, 0.25) is 0 Å². The summed E-state index contributed by atoms with van der Waals surface area (Å²) < 4.78 is 7.55. The fourth-order valence-electron chi connectivity index (χ4n) is 3.27. The highest BCUT2D eigenvalue weighted by atomic mass is 35.5. The lowest BCUT2D eigenvalue weighted by molar-refractivity contribution is 0.178. The van der Waals surface area contributed by atoms with Gasteiger partial charge in [-0.05, 0) is 38.5 Å². The molecular weight excluding hydrogens is 368 g/mol. The quantitative estimate of drug-likeness (QED) is 0.668. The Morgan fingerprint density at radius 1 is 1.15 bits per heavy atom. The number of ether oxygens (including phenoxy) is 1. The van der Waals surface area contributed by atoms with Gasteiger partial charge in [0.05, 0.1) is 12.3 Å². The predicted molar refractivity (Wildman–Crippen MR) is 105 cm³/mol. The molecule has 3 aromatic rings. The maximum absolute atomic E-state index is 6.09. The molecule has 1 aliphatic rings. The third kappa shape index (κ3) is 2.69. The molecule has 0 bridgehead atoms. The van der Waals surface area contributed by atoms with Crippen molar-refractivity contribution in [1.29, 1.82) is 0 Å². The highest BCUT2D eigenvalue weighted by molar-refractivity contribution is 7.15. The van der Waals surface area contributed by atoms with Crippen LogP contribution < -0.4 is 0 Å². The van der Waals surface area contributed by atoms with Crippen LogP contribution in [0.3, 0.4) is 0 Å². The van der Waals surface area contributed by atoms with Crippen molar-refractivity contribution in [2.24, 2.45) is 4.99 Å². The van der Waals surface area contributed by atoms with Crippen molar-refractivity contribution in [3.63, 3.8) is 0 Å². The molecule has 1 unspecified atom stereocenters. The molecule has 0 saturated heterocycles. The maximum Gasteiger partial charge on any atom is 0.165 e. The van der Waals surface area contributed by atoms with Crippen LogP contribution in [0.25, 0.3) is 5.00 Å². The second kappa shape index (κ2) is 6.61. The predicted octanol–water partition coefficient (Wildman–Crippen LogP) is 4.45. The third-order valence-electron chi connectivity index (χ3n) is 4.68. The van der Waals surface area contributed by atoms with Gasteiger partial charge >= 0.3 is 0 Å². The van der Waals surface area contributed by atoms with Crippen LogP contribution in [0.1, 0.15) is 39.3 Å². The van der Waals surface area contributed by atoms with E-state index in [1.165, 1.54) is 10.4 Å². The molecule has 1 atom stereocenters. The largest absolute Gasteiger partial charge is 0.382 e. The number of aryl methyl sites for hydroxylation is 2. The average molecular weight is 387 g/mol. The summed E-state index contributed by atoms with van der Waals surface area (Å²) in [6.07, 6.45) is 0. The summed E-state index contributed by atoms with van der Waals surface area (Å²) in [7, 11) is 1.68. The summed E-state index contributed by atoms with van der Waals surface area (Å²) in [5.41, 5.74) is 4.35. The zero-order chi connectivity index (χ0) is 18.4. The van der Waals surface area contributed by atoms with Crippen LogP contribution >= 0.6 is 22.9 Å². The first kappa shape index (κ1) is 17.4. The van der Waals surface area contributed by atoms with Crippen molar-refractivity contribution in [3.05, 3.63) is 62.5 Å². The summed E-state index contributed by atoms with van der Waals surface area (Å²) in [5.74, 6) is 1.67. The smallest absolute Gasteiger partial charge is 0.165 e. The Hall–Kier alpha value is -2.02. The van der Waals surface area contributed by atoms with E-state index in [0.29, 0.717) is 11.6 Å². The van der Waals surface area contributed by atoms with Crippen LogP contribution in [0.4, 0.5) is 0 Å². The normalized spacial score (nSPS) is 16.0. The number of hydrogen-bond acceptors (Lipinski definition) is 5. The van der Waals surface area contributed by atoms with Crippen LogP contribution in [0, 0.1) is 20.8 Å². The number of halogens is 1. The van der Waals surface area contributed by atoms with Crippen molar-refractivity contribution in [1.82, 2.24) is 14.8 Å². The molecule has 2 aromatic heterocycles. The van der Waals surface area contributed by atoms with E-state index >= 15 is 0 Å². The molecule has 0 radical (unpaired) electrons. The minimum atomic E-state index is -0.216. The van der Waals surface area contributed by atoms with E-state index in [1.54, 1.807) is 18.4 Å². The van der Waals surface area contributed by atoms with Gasteiger partial charge in [-0.2, -0.15) is 0 Å². The fourth-order valence-corrected chi connectivity index (χ4v) is 4.61. The number of fused-ring (bicyclic) bond motifs is 3. The Morgan fingerprint density at radius 2 is 1.88 bits per heavy atom. The Morgan fingerprint density at radius 3 is 2.58 bits per heavy atom. The summed E-state index contributed by atoms with van der Waals surface area (Å²) in [5, 5.41) is 10.5.